The maximum absolute atomic E-state index is 10.4. The molecule has 0 amide bonds. The Balaban J connectivity index is 2.21. The first kappa shape index (κ1) is 11.9. The maximum atomic E-state index is 10.4. The lowest BCUT2D eigenvalue weighted by atomic mass is 10.0. The first-order valence-corrected chi connectivity index (χ1v) is 6.42. The van der Waals surface area contributed by atoms with E-state index in [9.17, 15) is 5.11 Å². The molecule has 1 aliphatic carbocycles. The molecule has 0 atom stereocenters. The first-order valence-electron chi connectivity index (χ1n) is 6.05. The highest BCUT2D eigenvalue weighted by molar-refractivity contribution is 6.32. The van der Waals surface area contributed by atoms with Crippen LogP contribution in [0.5, 0.6) is 17.2 Å². The molecule has 1 saturated carbocycles. The summed E-state index contributed by atoms with van der Waals surface area (Å²) in [6.45, 7) is 1.16. The van der Waals surface area contributed by atoms with Crippen molar-refractivity contribution >= 4 is 11.6 Å². The van der Waals surface area contributed by atoms with Crippen LogP contribution < -0.4 is 14.2 Å². The molecule has 0 radical (unpaired) electrons. The van der Waals surface area contributed by atoms with Crippen molar-refractivity contribution in [1.29, 1.82) is 0 Å². The van der Waals surface area contributed by atoms with Gasteiger partial charge < -0.3 is 19.3 Å². The van der Waals surface area contributed by atoms with Crippen LogP contribution in [0.4, 0.5) is 0 Å². The Labute approximate surface area is 110 Å². The minimum Gasteiger partial charge on any atom is -0.495 e. The summed E-state index contributed by atoms with van der Waals surface area (Å²) in [4.78, 5) is 0. The van der Waals surface area contributed by atoms with Crippen molar-refractivity contribution in [3.63, 3.8) is 0 Å². The molecule has 1 heterocycles. The third-order valence-corrected chi connectivity index (χ3v) is 3.62. The Kier molecular flexibility index (Phi) is 2.79. The molecule has 3 rings (SSSR count). The Morgan fingerprint density at radius 2 is 2.06 bits per heavy atom. The number of ether oxygens (including phenoxy) is 3. The number of fused-ring (bicyclic) bond motifs is 1. The number of rotatable bonds is 2. The highest BCUT2D eigenvalue weighted by atomic mass is 35.5. The molecule has 2 aliphatic rings. The third-order valence-electron chi connectivity index (χ3n) is 3.34. The molecule has 1 aromatic carbocycles. The first-order chi connectivity index (χ1) is 8.65. The number of hydrogen-bond acceptors (Lipinski definition) is 4. The quantitative estimate of drug-likeness (QED) is 0.897. The SMILES string of the molecule is COc1c(Cl)cc2c(c1C1(O)CC1)OCCCO2. The van der Waals surface area contributed by atoms with E-state index in [0.717, 1.165) is 6.42 Å². The summed E-state index contributed by atoms with van der Waals surface area (Å²) in [5.41, 5.74) is -0.247. The molecule has 1 aromatic rings. The van der Waals surface area contributed by atoms with Gasteiger partial charge in [-0.1, -0.05) is 11.6 Å². The molecule has 98 valence electrons. The van der Waals surface area contributed by atoms with Gasteiger partial charge in [0.1, 0.15) is 5.75 Å². The Hall–Kier alpha value is -1.13. The van der Waals surface area contributed by atoms with Gasteiger partial charge in [0.05, 0.1) is 36.5 Å². The van der Waals surface area contributed by atoms with Crippen molar-refractivity contribution in [1.82, 2.24) is 0 Å². The molecule has 18 heavy (non-hydrogen) atoms. The Bertz CT molecular complexity index is 482. The van der Waals surface area contributed by atoms with Crippen LogP contribution in [0, 0.1) is 0 Å². The van der Waals surface area contributed by atoms with E-state index in [2.05, 4.69) is 0 Å². The van der Waals surface area contributed by atoms with E-state index in [4.69, 9.17) is 25.8 Å². The zero-order valence-corrected chi connectivity index (χ0v) is 10.9. The highest BCUT2D eigenvalue weighted by Crippen LogP contribution is 2.57. The van der Waals surface area contributed by atoms with Crippen molar-refractivity contribution in [3.8, 4) is 17.2 Å². The van der Waals surface area contributed by atoms with Crippen LogP contribution in [0.2, 0.25) is 5.02 Å². The normalized spacial score (nSPS) is 20.2. The Morgan fingerprint density at radius 3 is 2.72 bits per heavy atom. The molecule has 1 N–H and O–H groups in total. The number of aliphatic hydroxyl groups is 1. The molecule has 0 unspecified atom stereocenters. The summed E-state index contributed by atoms with van der Waals surface area (Å²) in [5.74, 6) is 1.66. The molecule has 4 nitrogen and oxygen atoms in total. The summed E-state index contributed by atoms with van der Waals surface area (Å²) in [7, 11) is 1.54. The summed E-state index contributed by atoms with van der Waals surface area (Å²) >= 11 is 6.18. The average Bonchev–Trinajstić information content (AvgIpc) is 3.11. The molecule has 1 aliphatic heterocycles. The van der Waals surface area contributed by atoms with E-state index in [1.807, 2.05) is 0 Å². The summed E-state index contributed by atoms with van der Waals surface area (Å²) in [6, 6.07) is 1.69. The Morgan fingerprint density at radius 1 is 1.33 bits per heavy atom. The predicted octanol–water partition coefficient (Wildman–Crippen LogP) is 2.49. The molecule has 1 fully saturated rings. The number of benzene rings is 1. The van der Waals surface area contributed by atoms with Gasteiger partial charge >= 0.3 is 0 Å². The van der Waals surface area contributed by atoms with E-state index in [0.29, 0.717) is 53.9 Å². The van der Waals surface area contributed by atoms with Gasteiger partial charge in [-0.25, -0.2) is 0 Å². The fourth-order valence-corrected chi connectivity index (χ4v) is 2.52. The number of hydrogen-bond donors (Lipinski definition) is 1. The van der Waals surface area contributed by atoms with Gasteiger partial charge in [-0.3, -0.25) is 0 Å². The van der Waals surface area contributed by atoms with Gasteiger partial charge in [-0.2, -0.15) is 0 Å². The second-order valence-corrected chi connectivity index (χ2v) is 5.08. The van der Waals surface area contributed by atoms with Gasteiger partial charge in [0.2, 0.25) is 0 Å². The monoisotopic (exact) mass is 270 g/mol. The largest absolute Gasteiger partial charge is 0.495 e. The molecule has 0 spiro atoms. The number of halogens is 1. The van der Waals surface area contributed by atoms with Gasteiger partial charge in [0.25, 0.3) is 0 Å². The third kappa shape index (κ3) is 1.80. The van der Waals surface area contributed by atoms with Crippen molar-refractivity contribution in [2.75, 3.05) is 20.3 Å². The second kappa shape index (κ2) is 4.21. The molecule has 0 bridgehead atoms. The van der Waals surface area contributed by atoms with Crippen molar-refractivity contribution in [2.45, 2.75) is 24.9 Å². The highest BCUT2D eigenvalue weighted by Gasteiger charge is 2.48. The average molecular weight is 271 g/mol. The summed E-state index contributed by atoms with van der Waals surface area (Å²) in [5, 5.41) is 10.9. The molecule has 0 aromatic heterocycles. The topological polar surface area (TPSA) is 47.9 Å². The second-order valence-electron chi connectivity index (χ2n) is 4.68. The summed E-state index contributed by atoms with van der Waals surface area (Å²) < 4.78 is 16.7. The van der Waals surface area contributed by atoms with Crippen LogP contribution in [0.3, 0.4) is 0 Å². The van der Waals surface area contributed by atoms with Gasteiger partial charge in [-0.15, -0.1) is 0 Å². The standard InChI is InChI=1S/C13H15ClO4/c1-16-11-8(14)7-9-12(18-6-2-5-17-9)10(11)13(15)3-4-13/h7,15H,2-6H2,1H3. The van der Waals surface area contributed by atoms with Gasteiger partial charge in [-0.05, 0) is 12.8 Å². The van der Waals surface area contributed by atoms with E-state index in [1.165, 1.54) is 0 Å². The van der Waals surface area contributed by atoms with E-state index in [1.54, 1.807) is 13.2 Å². The summed E-state index contributed by atoms with van der Waals surface area (Å²) in [6.07, 6.45) is 2.20. The lowest BCUT2D eigenvalue weighted by Gasteiger charge is -2.20. The van der Waals surface area contributed by atoms with Crippen molar-refractivity contribution < 1.29 is 19.3 Å². The molecule has 0 saturated heterocycles. The van der Waals surface area contributed by atoms with Crippen LogP contribution in [0.1, 0.15) is 24.8 Å². The zero-order valence-electron chi connectivity index (χ0n) is 10.2. The molecular formula is C13H15ClO4. The van der Waals surface area contributed by atoms with E-state index >= 15 is 0 Å². The van der Waals surface area contributed by atoms with E-state index < -0.39 is 5.60 Å². The van der Waals surface area contributed by atoms with Gasteiger partial charge in [0, 0.05) is 12.5 Å². The fraction of sp³-hybridized carbons (Fsp3) is 0.538. The minimum atomic E-state index is -0.881. The van der Waals surface area contributed by atoms with Crippen molar-refractivity contribution in [3.05, 3.63) is 16.7 Å². The minimum absolute atomic E-state index is 0.442. The van der Waals surface area contributed by atoms with Gasteiger partial charge in [0.15, 0.2) is 11.5 Å². The fourth-order valence-electron chi connectivity index (χ4n) is 2.25. The van der Waals surface area contributed by atoms with Crippen LogP contribution in [-0.4, -0.2) is 25.4 Å². The predicted molar refractivity (Wildman–Crippen MR) is 66.7 cm³/mol. The van der Waals surface area contributed by atoms with Crippen molar-refractivity contribution in [2.24, 2.45) is 0 Å². The lowest BCUT2D eigenvalue weighted by Crippen LogP contribution is -2.11. The van der Waals surface area contributed by atoms with Crippen LogP contribution in [0.25, 0.3) is 0 Å². The molecular weight excluding hydrogens is 256 g/mol. The smallest absolute Gasteiger partial charge is 0.171 e. The lowest BCUT2D eigenvalue weighted by molar-refractivity contribution is 0.141. The van der Waals surface area contributed by atoms with Crippen LogP contribution in [0.15, 0.2) is 6.07 Å². The van der Waals surface area contributed by atoms with Crippen LogP contribution in [-0.2, 0) is 5.60 Å². The molecule has 5 heteroatoms. The van der Waals surface area contributed by atoms with Crippen LogP contribution >= 0.6 is 11.6 Å². The number of methoxy groups -OCH3 is 1. The van der Waals surface area contributed by atoms with E-state index in [-0.39, 0.29) is 0 Å². The zero-order chi connectivity index (χ0) is 12.8. The maximum Gasteiger partial charge on any atom is 0.171 e.